The lowest BCUT2D eigenvalue weighted by Gasteiger charge is -2.15. The largest absolute Gasteiger partial charge is 0.493 e. The number of amides is 1. The van der Waals surface area contributed by atoms with Crippen LogP contribution < -0.4 is 25.1 Å². The van der Waals surface area contributed by atoms with E-state index in [1.807, 2.05) is 0 Å². The van der Waals surface area contributed by atoms with Crippen molar-refractivity contribution in [2.24, 2.45) is 0 Å². The van der Waals surface area contributed by atoms with Gasteiger partial charge in [0.1, 0.15) is 17.9 Å². The van der Waals surface area contributed by atoms with Crippen LogP contribution in [0.2, 0.25) is 0 Å². The molecule has 0 saturated carbocycles. The Bertz CT molecular complexity index is 928. The van der Waals surface area contributed by atoms with Gasteiger partial charge in [-0.05, 0) is 6.92 Å². The van der Waals surface area contributed by atoms with Crippen LogP contribution in [0.15, 0.2) is 23.1 Å². The number of esters is 1. The zero-order valence-corrected chi connectivity index (χ0v) is 16.2. The van der Waals surface area contributed by atoms with Gasteiger partial charge in [0.15, 0.2) is 11.5 Å². The molecule has 0 fully saturated rings. The minimum absolute atomic E-state index is 0.256. The highest BCUT2D eigenvalue weighted by Gasteiger charge is 2.18. The van der Waals surface area contributed by atoms with Gasteiger partial charge in [-0.1, -0.05) is 0 Å². The highest BCUT2D eigenvalue weighted by Crippen LogP contribution is 2.39. The second-order valence-corrected chi connectivity index (χ2v) is 5.56. The third kappa shape index (κ3) is 4.22. The van der Waals surface area contributed by atoms with E-state index in [1.54, 1.807) is 19.1 Å². The van der Waals surface area contributed by atoms with E-state index in [9.17, 15) is 14.4 Å². The van der Waals surface area contributed by atoms with E-state index in [0.717, 1.165) is 17.9 Å². The van der Waals surface area contributed by atoms with Gasteiger partial charge >= 0.3 is 5.97 Å². The van der Waals surface area contributed by atoms with Crippen molar-refractivity contribution in [1.82, 2.24) is 9.55 Å². The fourth-order valence-electron chi connectivity index (χ4n) is 2.51. The lowest BCUT2D eigenvalue weighted by molar-refractivity contribution is -0.116. The molecule has 0 aliphatic heterocycles. The molecule has 10 heteroatoms. The Labute approximate surface area is 161 Å². The van der Waals surface area contributed by atoms with Crippen LogP contribution in [0.1, 0.15) is 16.2 Å². The molecule has 0 aliphatic carbocycles. The summed E-state index contributed by atoms with van der Waals surface area (Å²) in [5.74, 6) is 0.0435. The maximum atomic E-state index is 12.5. The smallest absolute Gasteiger partial charge is 0.345 e. The molecule has 1 aromatic carbocycles. The van der Waals surface area contributed by atoms with E-state index in [2.05, 4.69) is 15.0 Å². The maximum Gasteiger partial charge on any atom is 0.345 e. The second kappa shape index (κ2) is 8.89. The van der Waals surface area contributed by atoms with Crippen molar-refractivity contribution in [3.05, 3.63) is 40.1 Å². The van der Waals surface area contributed by atoms with E-state index in [0.29, 0.717) is 22.9 Å². The summed E-state index contributed by atoms with van der Waals surface area (Å²) in [5, 5.41) is 2.65. The predicted molar refractivity (Wildman–Crippen MR) is 99.3 cm³/mol. The zero-order valence-electron chi connectivity index (χ0n) is 16.2. The number of benzene rings is 1. The Morgan fingerprint density at radius 3 is 2.18 bits per heavy atom. The van der Waals surface area contributed by atoms with Crippen molar-refractivity contribution in [3.8, 4) is 17.2 Å². The van der Waals surface area contributed by atoms with Gasteiger partial charge in [0.2, 0.25) is 11.7 Å². The molecule has 150 valence electrons. The van der Waals surface area contributed by atoms with Gasteiger partial charge in [-0.25, -0.2) is 9.78 Å². The lowest BCUT2D eigenvalue weighted by atomic mass is 10.2. The van der Waals surface area contributed by atoms with Crippen LogP contribution >= 0.6 is 0 Å². The van der Waals surface area contributed by atoms with Crippen LogP contribution in [-0.4, -0.2) is 49.9 Å². The predicted octanol–water partition coefficient (Wildman–Crippen LogP) is 1.00. The molecule has 0 spiro atoms. The Morgan fingerprint density at radius 2 is 1.68 bits per heavy atom. The van der Waals surface area contributed by atoms with Crippen molar-refractivity contribution >= 4 is 17.6 Å². The first-order chi connectivity index (χ1) is 13.4. The van der Waals surface area contributed by atoms with Gasteiger partial charge in [-0.15, -0.1) is 0 Å². The number of methoxy groups -OCH3 is 4. The van der Waals surface area contributed by atoms with Gasteiger partial charge < -0.3 is 24.3 Å². The first-order valence-electron chi connectivity index (χ1n) is 8.10. The fourth-order valence-corrected chi connectivity index (χ4v) is 2.51. The summed E-state index contributed by atoms with van der Waals surface area (Å²) in [6.45, 7) is 1.20. The Hall–Kier alpha value is -3.56. The molecule has 2 rings (SSSR count). The molecule has 1 N–H and O–H groups in total. The molecule has 1 amide bonds. The first kappa shape index (κ1) is 20.7. The summed E-state index contributed by atoms with van der Waals surface area (Å²) >= 11 is 0. The highest BCUT2D eigenvalue weighted by molar-refractivity contribution is 5.92. The SMILES string of the molecule is COC(=O)c1cnc(C)n(CC(=O)Nc2cc(OC)c(OC)c(OC)c2)c1=O. The number of hydrogen-bond donors (Lipinski definition) is 1. The summed E-state index contributed by atoms with van der Waals surface area (Å²) in [6, 6.07) is 3.11. The van der Waals surface area contributed by atoms with Crippen LogP contribution in [0, 0.1) is 6.92 Å². The van der Waals surface area contributed by atoms with E-state index in [-0.39, 0.29) is 17.9 Å². The highest BCUT2D eigenvalue weighted by atomic mass is 16.5. The molecule has 0 radical (unpaired) electrons. The molecule has 1 aromatic heterocycles. The molecule has 0 atom stereocenters. The second-order valence-electron chi connectivity index (χ2n) is 5.56. The number of aromatic nitrogens is 2. The van der Waals surface area contributed by atoms with Crippen LogP contribution in [0.3, 0.4) is 0 Å². The topological polar surface area (TPSA) is 118 Å². The maximum absolute atomic E-state index is 12.5. The number of nitrogens with one attached hydrogen (secondary N) is 1. The van der Waals surface area contributed by atoms with Crippen LogP contribution in [0.5, 0.6) is 17.2 Å². The minimum Gasteiger partial charge on any atom is -0.493 e. The number of rotatable bonds is 7. The van der Waals surface area contributed by atoms with Gasteiger partial charge in [0, 0.05) is 24.0 Å². The normalized spacial score (nSPS) is 10.2. The quantitative estimate of drug-likeness (QED) is 0.695. The molecule has 0 aliphatic rings. The number of aryl methyl sites for hydroxylation is 1. The molecule has 0 saturated heterocycles. The summed E-state index contributed by atoms with van der Waals surface area (Å²) in [4.78, 5) is 40.5. The van der Waals surface area contributed by atoms with Gasteiger partial charge in [-0.2, -0.15) is 0 Å². The van der Waals surface area contributed by atoms with Crippen molar-refractivity contribution in [3.63, 3.8) is 0 Å². The van der Waals surface area contributed by atoms with Crippen LogP contribution in [0.25, 0.3) is 0 Å². The van der Waals surface area contributed by atoms with Crippen molar-refractivity contribution in [2.45, 2.75) is 13.5 Å². The molecule has 0 bridgehead atoms. The molecule has 1 heterocycles. The van der Waals surface area contributed by atoms with E-state index < -0.39 is 17.4 Å². The Balaban J connectivity index is 2.30. The van der Waals surface area contributed by atoms with E-state index in [1.165, 1.54) is 21.3 Å². The molecule has 28 heavy (non-hydrogen) atoms. The number of carbonyl (C=O) groups excluding carboxylic acids is 2. The molecule has 2 aromatic rings. The zero-order chi connectivity index (χ0) is 20.8. The van der Waals surface area contributed by atoms with E-state index >= 15 is 0 Å². The number of anilines is 1. The summed E-state index contributed by atoms with van der Waals surface area (Å²) in [7, 11) is 5.53. The first-order valence-corrected chi connectivity index (χ1v) is 8.10. The fraction of sp³-hybridized carbons (Fsp3) is 0.333. The average Bonchev–Trinajstić information content (AvgIpc) is 2.69. The standard InChI is InChI=1S/C18H21N3O7/c1-10-19-8-12(18(24)28-5)17(23)21(10)9-15(22)20-11-6-13(25-2)16(27-4)14(7-11)26-3/h6-8H,9H2,1-5H3,(H,20,22). The van der Waals surface area contributed by atoms with Crippen molar-refractivity contribution in [1.29, 1.82) is 0 Å². The molecular formula is C18H21N3O7. The third-order valence-corrected chi connectivity index (χ3v) is 3.90. The van der Waals surface area contributed by atoms with Crippen LogP contribution in [0.4, 0.5) is 5.69 Å². The van der Waals surface area contributed by atoms with Gasteiger partial charge in [0.25, 0.3) is 5.56 Å². The minimum atomic E-state index is -0.823. The summed E-state index contributed by atoms with van der Waals surface area (Å²) < 4.78 is 21.3. The van der Waals surface area contributed by atoms with Crippen molar-refractivity contribution < 1.29 is 28.5 Å². The molecule has 0 unspecified atom stereocenters. The van der Waals surface area contributed by atoms with E-state index in [4.69, 9.17) is 14.2 Å². The number of nitrogens with zero attached hydrogens (tertiary/aromatic N) is 2. The number of carbonyl (C=O) groups is 2. The molecule has 10 nitrogen and oxygen atoms in total. The monoisotopic (exact) mass is 391 g/mol. The Morgan fingerprint density at radius 1 is 1.07 bits per heavy atom. The van der Waals surface area contributed by atoms with Crippen LogP contribution in [-0.2, 0) is 16.1 Å². The number of hydrogen-bond acceptors (Lipinski definition) is 8. The van der Waals surface area contributed by atoms with Crippen molar-refractivity contribution in [2.75, 3.05) is 33.8 Å². The summed E-state index contributed by atoms with van der Waals surface area (Å²) in [5.41, 5.74) is -0.546. The average molecular weight is 391 g/mol. The summed E-state index contributed by atoms with van der Waals surface area (Å²) in [6.07, 6.45) is 1.12. The van der Waals surface area contributed by atoms with Gasteiger partial charge in [-0.3, -0.25) is 14.2 Å². The molecular weight excluding hydrogens is 370 g/mol. The number of ether oxygens (including phenoxy) is 4. The van der Waals surface area contributed by atoms with Gasteiger partial charge in [0.05, 0.1) is 28.4 Å². The Kier molecular flexibility index (Phi) is 6.59. The third-order valence-electron chi connectivity index (χ3n) is 3.90. The lowest BCUT2D eigenvalue weighted by Crippen LogP contribution is -2.33.